The lowest BCUT2D eigenvalue weighted by Gasteiger charge is -2.29. The Morgan fingerprint density at radius 3 is 2.67 bits per heavy atom. The number of nitrogens with zero attached hydrogens (tertiary/aromatic N) is 1. The van der Waals surface area contributed by atoms with Gasteiger partial charge in [0.1, 0.15) is 5.82 Å². The van der Waals surface area contributed by atoms with Gasteiger partial charge in [-0.2, -0.15) is 0 Å². The molecule has 5 heteroatoms. The van der Waals surface area contributed by atoms with Crippen LogP contribution in [0.15, 0.2) is 36.4 Å². The number of amides is 1. The van der Waals surface area contributed by atoms with E-state index in [4.69, 9.17) is 4.74 Å². The maximum absolute atomic E-state index is 12.7. The second kappa shape index (κ2) is 7.73. The predicted octanol–water partition coefficient (Wildman–Crippen LogP) is 2.97. The molecule has 3 rings (SSSR count). The van der Waals surface area contributed by atoms with Crippen LogP contribution in [0.2, 0.25) is 0 Å². The number of nitrogens with one attached hydrogen (secondary N) is 2. The number of carbonyl (C=O) groups is 1. The van der Waals surface area contributed by atoms with Gasteiger partial charge in [0.2, 0.25) is 5.91 Å². The molecule has 1 amide bonds. The first kappa shape index (κ1) is 16.9. The Morgan fingerprint density at radius 2 is 1.92 bits per heavy atom. The van der Waals surface area contributed by atoms with Crippen molar-refractivity contribution < 1.29 is 9.53 Å². The summed E-state index contributed by atoms with van der Waals surface area (Å²) in [6, 6.07) is 11.8. The fourth-order valence-corrected chi connectivity index (χ4v) is 3.03. The van der Waals surface area contributed by atoms with Crippen LogP contribution in [0.1, 0.15) is 26.7 Å². The van der Waals surface area contributed by atoms with Crippen molar-refractivity contribution in [1.29, 1.82) is 0 Å². The molecule has 24 heavy (non-hydrogen) atoms. The molecule has 2 N–H and O–H groups in total. The van der Waals surface area contributed by atoms with Crippen molar-refractivity contribution >= 4 is 22.6 Å². The van der Waals surface area contributed by atoms with Crippen molar-refractivity contribution in [2.45, 2.75) is 38.8 Å². The van der Waals surface area contributed by atoms with Crippen LogP contribution in [0, 0.1) is 5.92 Å². The number of fused-ring (bicyclic) bond motifs is 1. The van der Waals surface area contributed by atoms with Gasteiger partial charge in [0.15, 0.2) is 0 Å². The normalized spacial score (nSPS) is 17.1. The fourth-order valence-electron chi connectivity index (χ4n) is 3.03. The summed E-state index contributed by atoms with van der Waals surface area (Å²) in [5, 5.41) is 7.52. The van der Waals surface area contributed by atoms with E-state index in [9.17, 15) is 4.79 Å². The van der Waals surface area contributed by atoms with Gasteiger partial charge in [-0.05, 0) is 37.0 Å². The zero-order valence-corrected chi connectivity index (χ0v) is 14.3. The molecule has 2 heterocycles. The molecule has 1 atom stereocenters. The van der Waals surface area contributed by atoms with E-state index in [2.05, 4.69) is 29.5 Å². The third-order valence-electron chi connectivity index (χ3n) is 4.44. The quantitative estimate of drug-likeness (QED) is 0.886. The highest BCUT2D eigenvalue weighted by Crippen LogP contribution is 2.16. The molecular weight excluding hydrogens is 302 g/mol. The molecule has 1 aliphatic rings. The molecule has 0 spiro atoms. The van der Waals surface area contributed by atoms with E-state index >= 15 is 0 Å². The molecule has 1 saturated heterocycles. The Hall–Kier alpha value is -1.98. The number of ether oxygens (including phenoxy) is 1. The summed E-state index contributed by atoms with van der Waals surface area (Å²) in [5.74, 6) is 0.769. The summed E-state index contributed by atoms with van der Waals surface area (Å²) >= 11 is 0. The van der Waals surface area contributed by atoms with Crippen LogP contribution in [0.5, 0.6) is 0 Å². The van der Waals surface area contributed by atoms with Gasteiger partial charge in [0.25, 0.3) is 0 Å². The first-order valence-corrected chi connectivity index (χ1v) is 8.64. The van der Waals surface area contributed by atoms with Crippen LogP contribution < -0.4 is 10.6 Å². The molecule has 0 radical (unpaired) electrons. The number of anilines is 1. The van der Waals surface area contributed by atoms with E-state index in [1.807, 2.05) is 36.4 Å². The summed E-state index contributed by atoms with van der Waals surface area (Å²) in [7, 11) is 0. The van der Waals surface area contributed by atoms with Crippen molar-refractivity contribution in [1.82, 2.24) is 10.3 Å². The monoisotopic (exact) mass is 327 g/mol. The minimum absolute atomic E-state index is 0.0285. The van der Waals surface area contributed by atoms with Crippen LogP contribution >= 0.6 is 0 Å². The number of hydrogen-bond acceptors (Lipinski definition) is 4. The molecule has 1 fully saturated rings. The molecule has 5 nitrogen and oxygen atoms in total. The molecule has 0 aliphatic carbocycles. The minimum Gasteiger partial charge on any atom is -0.381 e. The molecular formula is C19H25N3O2. The number of rotatable bonds is 5. The van der Waals surface area contributed by atoms with Crippen LogP contribution in [0.4, 0.5) is 5.82 Å². The molecule has 0 unspecified atom stereocenters. The van der Waals surface area contributed by atoms with Gasteiger partial charge < -0.3 is 15.4 Å². The van der Waals surface area contributed by atoms with Crippen LogP contribution in [-0.4, -0.2) is 36.2 Å². The molecule has 0 bridgehead atoms. The van der Waals surface area contributed by atoms with Gasteiger partial charge >= 0.3 is 0 Å². The lowest BCUT2D eigenvalue weighted by Crippen LogP contribution is -2.50. The van der Waals surface area contributed by atoms with Crippen LogP contribution in [-0.2, 0) is 9.53 Å². The van der Waals surface area contributed by atoms with Gasteiger partial charge in [0.05, 0.1) is 11.6 Å². The first-order valence-electron chi connectivity index (χ1n) is 8.64. The molecule has 0 saturated carbocycles. The Labute approximate surface area is 142 Å². The SMILES string of the molecule is CC(C)[C@H](NC1CCOCC1)C(=O)Nc1ccc2ccccc2n1. The Kier molecular flexibility index (Phi) is 5.43. The summed E-state index contributed by atoms with van der Waals surface area (Å²) in [4.78, 5) is 17.2. The molecule has 1 aromatic heterocycles. The summed E-state index contributed by atoms with van der Waals surface area (Å²) in [6.07, 6.45) is 1.90. The molecule has 1 aliphatic heterocycles. The predicted molar refractivity (Wildman–Crippen MR) is 96.0 cm³/mol. The van der Waals surface area contributed by atoms with E-state index in [-0.39, 0.29) is 17.9 Å². The zero-order valence-electron chi connectivity index (χ0n) is 14.3. The smallest absolute Gasteiger partial charge is 0.242 e. The number of benzene rings is 1. The second-order valence-electron chi connectivity index (χ2n) is 6.65. The van der Waals surface area contributed by atoms with Gasteiger partial charge in [-0.25, -0.2) is 4.98 Å². The maximum atomic E-state index is 12.7. The standard InChI is InChI=1S/C19H25N3O2/c1-13(2)18(20-15-9-11-24-12-10-15)19(23)22-17-8-7-14-5-3-4-6-16(14)21-17/h3-8,13,15,18,20H,9-12H2,1-2H3,(H,21,22,23)/t18-/m0/s1. The number of hydrogen-bond donors (Lipinski definition) is 2. The average molecular weight is 327 g/mol. The van der Waals surface area contributed by atoms with Crippen molar-refractivity contribution in [3.63, 3.8) is 0 Å². The highest BCUT2D eigenvalue weighted by atomic mass is 16.5. The van der Waals surface area contributed by atoms with E-state index < -0.39 is 0 Å². The Morgan fingerprint density at radius 1 is 1.17 bits per heavy atom. The van der Waals surface area contributed by atoms with Gasteiger partial charge in [-0.3, -0.25) is 4.79 Å². The van der Waals surface area contributed by atoms with Gasteiger partial charge in [0, 0.05) is 24.6 Å². The topological polar surface area (TPSA) is 63.2 Å². The number of carbonyl (C=O) groups excluding carboxylic acids is 1. The maximum Gasteiger partial charge on any atom is 0.242 e. The molecule has 1 aromatic carbocycles. The third kappa shape index (κ3) is 4.10. The highest BCUT2D eigenvalue weighted by Gasteiger charge is 2.26. The Balaban J connectivity index is 1.69. The van der Waals surface area contributed by atoms with Crippen molar-refractivity contribution in [3.8, 4) is 0 Å². The van der Waals surface area contributed by atoms with Crippen molar-refractivity contribution in [3.05, 3.63) is 36.4 Å². The highest BCUT2D eigenvalue weighted by molar-refractivity contribution is 5.95. The lowest BCUT2D eigenvalue weighted by atomic mass is 10.00. The molecule has 2 aromatic rings. The van der Waals surface area contributed by atoms with E-state index in [0.717, 1.165) is 37.0 Å². The average Bonchev–Trinajstić information content (AvgIpc) is 2.60. The van der Waals surface area contributed by atoms with E-state index in [0.29, 0.717) is 11.9 Å². The second-order valence-corrected chi connectivity index (χ2v) is 6.65. The third-order valence-corrected chi connectivity index (χ3v) is 4.44. The summed E-state index contributed by atoms with van der Waals surface area (Å²) < 4.78 is 5.39. The van der Waals surface area contributed by atoms with Gasteiger partial charge in [-0.1, -0.05) is 32.0 Å². The number of aromatic nitrogens is 1. The summed E-state index contributed by atoms with van der Waals surface area (Å²) in [6.45, 7) is 5.64. The lowest BCUT2D eigenvalue weighted by molar-refractivity contribution is -0.119. The van der Waals surface area contributed by atoms with Crippen molar-refractivity contribution in [2.75, 3.05) is 18.5 Å². The molecule has 128 valence electrons. The van der Waals surface area contributed by atoms with Crippen LogP contribution in [0.25, 0.3) is 10.9 Å². The Bertz CT molecular complexity index is 696. The fraction of sp³-hybridized carbons (Fsp3) is 0.474. The first-order chi connectivity index (χ1) is 11.6. The van der Waals surface area contributed by atoms with E-state index in [1.54, 1.807) is 0 Å². The van der Waals surface area contributed by atoms with Gasteiger partial charge in [-0.15, -0.1) is 0 Å². The number of pyridine rings is 1. The minimum atomic E-state index is -0.235. The number of para-hydroxylation sites is 1. The largest absolute Gasteiger partial charge is 0.381 e. The zero-order chi connectivity index (χ0) is 16.9. The van der Waals surface area contributed by atoms with Crippen molar-refractivity contribution in [2.24, 2.45) is 5.92 Å². The van der Waals surface area contributed by atoms with Crippen LogP contribution in [0.3, 0.4) is 0 Å². The summed E-state index contributed by atoms with van der Waals surface area (Å²) in [5.41, 5.74) is 0.883. The van der Waals surface area contributed by atoms with E-state index in [1.165, 1.54) is 0 Å².